The molecule has 1 N–H and O–H groups in total. The van der Waals surface area contributed by atoms with Crippen molar-refractivity contribution < 1.29 is 14.3 Å². The van der Waals surface area contributed by atoms with Crippen molar-refractivity contribution in [2.45, 2.75) is 18.9 Å². The molecule has 0 spiro atoms. The fourth-order valence-corrected chi connectivity index (χ4v) is 2.14. The van der Waals surface area contributed by atoms with Gasteiger partial charge in [0.15, 0.2) is 0 Å². The van der Waals surface area contributed by atoms with Crippen LogP contribution >= 0.6 is 15.9 Å². The van der Waals surface area contributed by atoms with Crippen molar-refractivity contribution in [3.8, 4) is 5.75 Å². The maximum absolute atomic E-state index is 11.9. The molecule has 1 saturated heterocycles. The Labute approximate surface area is 108 Å². The van der Waals surface area contributed by atoms with Crippen LogP contribution in [0.3, 0.4) is 0 Å². The average molecular weight is 300 g/mol. The number of ether oxygens (including phenoxy) is 2. The summed E-state index contributed by atoms with van der Waals surface area (Å²) in [7, 11) is 1.57. The van der Waals surface area contributed by atoms with Crippen molar-refractivity contribution in [2.24, 2.45) is 0 Å². The largest absolute Gasteiger partial charge is 0.495 e. The number of nitrogens with one attached hydrogen (secondary N) is 1. The highest BCUT2D eigenvalue weighted by molar-refractivity contribution is 9.10. The van der Waals surface area contributed by atoms with Gasteiger partial charge in [-0.25, -0.2) is 0 Å². The van der Waals surface area contributed by atoms with E-state index < -0.39 is 0 Å². The van der Waals surface area contributed by atoms with Gasteiger partial charge in [-0.05, 0) is 31.0 Å². The third-order valence-corrected chi connectivity index (χ3v) is 3.13. The molecular formula is C12H14BrNO3. The van der Waals surface area contributed by atoms with E-state index in [2.05, 4.69) is 21.2 Å². The quantitative estimate of drug-likeness (QED) is 0.933. The van der Waals surface area contributed by atoms with E-state index in [0.717, 1.165) is 17.3 Å². The molecule has 0 aromatic heterocycles. The fourth-order valence-electron chi connectivity index (χ4n) is 1.78. The van der Waals surface area contributed by atoms with Crippen molar-refractivity contribution in [1.29, 1.82) is 0 Å². The summed E-state index contributed by atoms with van der Waals surface area (Å²) in [6, 6.07) is 5.47. The van der Waals surface area contributed by atoms with Crippen molar-refractivity contribution in [3.05, 3.63) is 22.7 Å². The summed E-state index contributed by atoms with van der Waals surface area (Å²) < 4.78 is 11.4. The summed E-state index contributed by atoms with van der Waals surface area (Å²) in [6.07, 6.45) is 1.38. The number of carbonyl (C=O) groups is 1. The van der Waals surface area contributed by atoms with E-state index >= 15 is 0 Å². The van der Waals surface area contributed by atoms with Gasteiger partial charge in [0, 0.05) is 11.1 Å². The van der Waals surface area contributed by atoms with Gasteiger partial charge < -0.3 is 14.8 Å². The van der Waals surface area contributed by atoms with E-state index in [-0.39, 0.29) is 12.0 Å². The van der Waals surface area contributed by atoms with E-state index in [1.165, 1.54) is 0 Å². The molecule has 0 radical (unpaired) electrons. The number of methoxy groups -OCH3 is 1. The van der Waals surface area contributed by atoms with Crippen LogP contribution in [0.5, 0.6) is 5.75 Å². The van der Waals surface area contributed by atoms with Gasteiger partial charge in [0.2, 0.25) is 0 Å². The minimum Gasteiger partial charge on any atom is -0.495 e. The highest BCUT2D eigenvalue weighted by Gasteiger charge is 2.24. The molecule has 1 atom stereocenters. The van der Waals surface area contributed by atoms with Crippen LogP contribution in [0.2, 0.25) is 0 Å². The highest BCUT2D eigenvalue weighted by atomic mass is 79.9. The minimum atomic E-state index is -0.335. The molecule has 1 aromatic carbocycles. The summed E-state index contributed by atoms with van der Waals surface area (Å²) in [6.45, 7) is 0.660. The molecule has 0 aliphatic carbocycles. The summed E-state index contributed by atoms with van der Waals surface area (Å²) in [5.74, 6) is 0.526. The zero-order chi connectivity index (χ0) is 12.3. The average Bonchev–Trinajstić information content (AvgIpc) is 2.83. The highest BCUT2D eigenvalue weighted by Crippen LogP contribution is 2.28. The van der Waals surface area contributed by atoms with Gasteiger partial charge >= 0.3 is 0 Å². The van der Waals surface area contributed by atoms with Crippen molar-refractivity contribution in [1.82, 2.24) is 0 Å². The Balaban J connectivity index is 2.11. The predicted molar refractivity (Wildman–Crippen MR) is 68.3 cm³/mol. The second-order valence-corrected chi connectivity index (χ2v) is 4.75. The van der Waals surface area contributed by atoms with Gasteiger partial charge in [0.25, 0.3) is 5.91 Å². The van der Waals surface area contributed by atoms with Crippen molar-refractivity contribution >= 4 is 27.5 Å². The Morgan fingerprint density at radius 2 is 2.41 bits per heavy atom. The lowest BCUT2D eigenvalue weighted by Gasteiger charge is -2.13. The number of carbonyl (C=O) groups excluding carboxylic acids is 1. The Morgan fingerprint density at radius 1 is 1.59 bits per heavy atom. The molecule has 1 fully saturated rings. The van der Waals surface area contributed by atoms with Crippen LogP contribution in [-0.2, 0) is 9.53 Å². The lowest BCUT2D eigenvalue weighted by molar-refractivity contribution is -0.124. The van der Waals surface area contributed by atoms with Crippen LogP contribution in [0.25, 0.3) is 0 Å². The standard InChI is InChI=1S/C12H14BrNO3/c1-16-10-5-4-8(13)7-9(10)14-12(15)11-3-2-6-17-11/h4-5,7,11H,2-3,6H2,1H3,(H,14,15). The molecule has 17 heavy (non-hydrogen) atoms. The first-order valence-corrected chi connectivity index (χ1v) is 6.26. The Hall–Kier alpha value is -1.07. The number of rotatable bonds is 3. The van der Waals surface area contributed by atoms with Crippen LogP contribution < -0.4 is 10.1 Å². The Morgan fingerprint density at radius 3 is 3.06 bits per heavy atom. The maximum atomic E-state index is 11.9. The molecule has 1 aliphatic rings. The lowest BCUT2D eigenvalue weighted by atomic mass is 10.2. The van der Waals surface area contributed by atoms with Gasteiger partial charge in [-0.2, -0.15) is 0 Å². The molecule has 0 bridgehead atoms. The summed E-state index contributed by atoms with van der Waals surface area (Å²) >= 11 is 3.36. The molecule has 1 aliphatic heterocycles. The third kappa shape index (κ3) is 2.98. The minimum absolute atomic E-state index is 0.112. The van der Waals surface area contributed by atoms with Crippen LogP contribution in [0.1, 0.15) is 12.8 Å². The summed E-state index contributed by atoms with van der Waals surface area (Å²) in [5, 5.41) is 2.83. The van der Waals surface area contributed by atoms with Gasteiger partial charge in [0.05, 0.1) is 12.8 Å². The van der Waals surface area contributed by atoms with E-state index in [9.17, 15) is 4.79 Å². The smallest absolute Gasteiger partial charge is 0.253 e. The molecule has 0 saturated carbocycles. The normalized spacial score (nSPS) is 19.1. The van der Waals surface area contributed by atoms with Crippen LogP contribution in [0.4, 0.5) is 5.69 Å². The van der Waals surface area contributed by atoms with Gasteiger partial charge in [-0.15, -0.1) is 0 Å². The first-order chi connectivity index (χ1) is 8.20. The monoisotopic (exact) mass is 299 g/mol. The SMILES string of the molecule is COc1ccc(Br)cc1NC(=O)C1CCCO1. The molecule has 1 unspecified atom stereocenters. The molecule has 1 heterocycles. The van der Waals surface area contributed by atoms with Crippen LogP contribution in [0, 0.1) is 0 Å². The molecule has 4 nitrogen and oxygen atoms in total. The Kier molecular flexibility index (Phi) is 4.02. The second kappa shape index (κ2) is 5.51. The molecular weight excluding hydrogens is 286 g/mol. The molecule has 92 valence electrons. The number of hydrogen-bond donors (Lipinski definition) is 1. The van der Waals surface area contributed by atoms with Gasteiger partial charge in [-0.3, -0.25) is 4.79 Å². The number of anilines is 1. The maximum Gasteiger partial charge on any atom is 0.253 e. The molecule has 1 amide bonds. The van der Waals surface area contributed by atoms with Crippen molar-refractivity contribution in [2.75, 3.05) is 19.0 Å². The van der Waals surface area contributed by atoms with E-state index in [1.807, 2.05) is 12.1 Å². The van der Waals surface area contributed by atoms with Crippen LogP contribution in [0.15, 0.2) is 22.7 Å². The Bertz CT molecular complexity index is 416. The van der Waals surface area contributed by atoms with Gasteiger partial charge in [0.1, 0.15) is 11.9 Å². The van der Waals surface area contributed by atoms with E-state index in [0.29, 0.717) is 18.0 Å². The van der Waals surface area contributed by atoms with E-state index in [1.54, 1.807) is 13.2 Å². The molecule has 5 heteroatoms. The number of halogens is 1. The number of amides is 1. The fraction of sp³-hybridized carbons (Fsp3) is 0.417. The zero-order valence-electron chi connectivity index (χ0n) is 9.53. The van der Waals surface area contributed by atoms with E-state index in [4.69, 9.17) is 9.47 Å². The third-order valence-electron chi connectivity index (χ3n) is 2.64. The van der Waals surface area contributed by atoms with Gasteiger partial charge in [-0.1, -0.05) is 15.9 Å². The topological polar surface area (TPSA) is 47.6 Å². The lowest BCUT2D eigenvalue weighted by Crippen LogP contribution is -2.27. The number of benzene rings is 1. The summed E-state index contributed by atoms with van der Waals surface area (Å²) in [4.78, 5) is 11.9. The first kappa shape index (κ1) is 12.4. The van der Waals surface area contributed by atoms with Crippen LogP contribution in [-0.4, -0.2) is 25.7 Å². The molecule has 1 aromatic rings. The van der Waals surface area contributed by atoms with Crippen molar-refractivity contribution in [3.63, 3.8) is 0 Å². The number of hydrogen-bond acceptors (Lipinski definition) is 3. The molecule has 2 rings (SSSR count). The summed E-state index contributed by atoms with van der Waals surface area (Å²) in [5.41, 5.74) is 0.655. The first-order valence-electron chi connectivity index (χ1n) is 5.46. The predicted octanol–water partition coefficient (Wildman–Crippen LogP) is 2.58. The zero-order valence-corrected chi connectivity index (χ0v) is 11.1. The second-order valence-electron chi connectivity index (χ2n) is 3.84.